The zero-order chi connectivity index (χ0) is 9.71. The van der Waals surface area contributed by atoms with Crippen LogP contribution in [0.25, 0.3) is 0 Å². The van der Waals surface area contributed by atoms with E-state index in [-0.39, 0.29) is 24.2 Å². The van der Waals surface area contributed by atoms with E-state index in [2.05, 4.69) is 5.32 Å². The number of nitrogens with one attached hydrogen (secondary N) is 1. The average molecular weight is 197 g/mol. The first-order chi connectivity index (χ1) is 6.79. The second kappa shape index (κ2) is 2.84. The molecule has 0 aromatic heterocycles. The molecule has 3 aliphatic rings. The number of nitrogens with zero attached hydrogens (tertiary/aromatic N) is 1. The van der Waals surface area contributed by atoms with Gasteiger partial charge >= 0.3 is 6.03 Å². The summed E-state index contributed by atoms with van der Waals surface area (Å²) in [5.74, 6) is 0.480. The molecule has 4 atom stereocenters. The van der Waals surface area contributed by atoms with Crippen LogP contribution in [-0.4, -0.2) is 48.8 Å². The van der Waals surface area contributed by atoms with Gasteiger partial charge in [0, 0.05) is 31.7 Å². The van der Waals surface area contributed by atoms with E-state index in [1.54, 1.807) is 0 Å². The molecule has 0 spiro atoms. The van der Waals surface area contributed by atoms with E-state index in [9.17, 15) is 4.79 Å². The number of hydrogen-bond acceptors (Lipinski definition) is 3. The standard InChI is InChI=1S/C9H15N3O2/c10-6-5-1-4-14-8(5)7(6)12-3-2-11-9(12)13/h5-8H,1-4,10H2,(H,11,13). The zero-order valence-corrected chi connectivity index (χ0v) is 7.98. The third-order valence-corrected chi connectivity index (χ3v) is 3.66. The summed E-state index contributed by atoms with van der Waals surface area (Å²) in [6.07, 6.45) is 1.26. The molecule has 0 aromatic carbocycles. The minimum absolute atomic E-state index is 0.0133. The lowest BCUT2D eigenvalue weighted by atomic mass is 9.71. The third-order valence-electron chi connectivity index (χ3n) is 3.66. The number of hydrogen-bond donors (Lipinski definition) is 2. The number of ether oxygens (including phenoxy) is 1. The number of nitrogens with two attached hydrogens (primary N) is 1. The number of carbonyl (C=O) groups is 1. The lowest BCUT2D eigenvalue weighted by Gasteiger charge is -2.49. The second-order valence-corrected chi connectivity index (χ2v) is 4.28. The second-order valence-electron chi connectivity index (χ2n) is 4.28. The highest BCUT2D eigenvalue weighted by Crippen LogP contribution is 2.40. The molecular weight excluding hydrogens is 182 g/mol. The predicted octanol–water partition coefficient (Wildman–Crippen LogP) is -0.874. The van der Waals surface area contributed by atoms with Crippen molar-refractivity contribution in [2.45, 2.75) is 24.6 Å². The van der Waals surface area contributed by atoms with Gasteiger partial charge < -0.3 is 20.7 Å². The lowest BCUT2D eigenvalue weighted by Crippen LogP contribution is -2.69. The first-order valence-corrected chi connectivity index (χ1v) is 5.21. The Morgan fingerprint density at radius 2 is 2.43 bits per heavy atom. The summed E-state index contributed by atoms with van der Waals surface area (Å²) in [7, 11) is 0. The monoisotopic (exact) mass is 197 g/mol. The summed E-state index contributed by atoms with van der Waals surface area (Å²) < 4.78 is 5.59. The Morgan fingerprint density at radius 3 is 3.14 bits per heavy atom. The van der Waals surface area contributed by atoms with Gasteiger partial charge in [0.1, 0.15) is 0 Å². The highest BCUT2D eigenvalue weighted by atomic mass is 16.5. The Labute approximate surface area is 82.6 Å². The van der Waals surface area contributed by atoms with Gasteiger partial charge in [-0.15, -0.1) is 0 Å². The van der Waals surface area contributed by atoms with Crippen LogP contribution in [0.3, 0.4) is 0 Å². The van der Waals surface area contributed by atoms with Crippen molar-refractivity contribution in [2.75, 3.05) is 19.7 Å². The molecular formula is C9H15N3O2. The minimum atomic E-state index is 0.0133. The normalized spacial score (nSPS) is 46.1. The average Bonchev–Trinajstić information content (AvgIpc) is 2.75. The van der Waals surface area contributed by atoms with Gasteiger partial charge in [-0.25, -0.2) is 4.79 Å². The van der Waals surface area contributed by atoms with Crippen molar-refractivity contribution in [3.8, 4) is 0 Å². The predicted molar refractivity (Wildman–Crippen MR) is 49.7 cm³/mol. The van der Waals surface area contributed by atoms with Gasteiger partial charge in [-0.05, 0) is 6.42 Å². The van der Waals surface area contributed by atoms with Crippen LogP contribution in [0.4, 0.5) is 4.79 Å². The number of urea groups is 1. The highest BCUT2D eigenvalue weighted by molar-refractivity contribution is 5.77. The molecule has 78 valence electrons. The summed E-state index contributed by atoms with van der Waals surface area (Å²) in [5.41, 5.74) is 6.05. The topological polar surface area (TPSA) is 67.6 Å². The van der Waals surface area contributed by atoms with E-state index in [4.69, 9.17) is 10.5 Å². The minimum Gasteiger partial charge on any atom is -0.376 e. The van der Waals surface area contributed by atoms with Crippen LogP contribution in [0, 0.1) is 5.92 Å². The fourth-order valence-corrected chi connectivity index (χ4v) is 2.87. The largest absolute Gasteiger partial charge is 0.376 e. The smallest absolute Gasteiger partial charge is 0.317 e. The molecule has 2 saturated heterocycles. The van der Waals surface area contributed by atoms with E-state index >= 15 is 0 Å². The van der Waals surface area contributed by atoms with Gasteiger partial charge in [0.25, 0.3) is 0 Å². The summed E-state index contributed by atoms with van der Waals surface area (Å²) in [5, 5.41) is 2.80. The molecule has 1 aliphatic carbocycles. The molecule has 2 aliphatic heterocycles. The fourth-order valence-electron chi connectivity index (χ4n) is 2.87. The number of rotatable bonds is 1. The Balaban J connectivity index is 1.76. The van der Waals surface area contributed by atoms with Gasteiger partial charge in [-0.3, -0.25) is 0 Å². The van der Waals surface area contributed by atoms with E-state index in [1.807, 2.05) is 4.90 Å². The van der Waals surface area contributed by atoms with E-state index < -0.39 is 0 Å². The summed E-state index contributed by atoms with van der Waals surface area (Å²) >= 11 is 0. The van der Waals surface area contributed by atoms with Crippen LogP contribution >= 0.6 is 0 Å². The molecule has 14 heavy (non-hydrogen) atoms. The van der Waals surface area contributed by atoms with Crippen molar-refractivity contribution in [3.05, 3.63) is 0 Å². The molecule has 0 bridgehead atoms. The van der Waals surface area contributed by atoms with E-state index in [0.29, 0.717) is 5.92 Å². The lowest BCUT2D eigenvalue weighted by molar-refractivity contribution is -0.0536. The fraction of sp³-hybridized carbons (Fsp3) is 0.889. The molecule has 3 fully saturated rings. The summed E-state index contributed by atoms with van der Waals surface area (Å²) in [4.78, 5) is 13.3. The maximum absolute atomic E-state index is 11.4. The van der Waals surface area contributed by atoms with Crippen LogP contribution < -0.4 is 11.1 Å². The van der Waals surface area contributed by atoms with Gasteiger partial charge in [0.2, 0.25) is 0 Å². The van der Waals surface area contributed by atoms with Crippen LogP contribution in [-0.2, 0) is 4.74 Å². The Kier molecular flexibility index (Phi) is 1.72. The maximum Gasteiger partial charge on any atom is 0.317 e. The van der Waals surface area contributed by atoms with Crippen LogP contribution in [0.5, 0.6) is 0 Å². The first kappa shape index (κ1) is 8.49. The molecule has 0 radical (unpaired) electrons. The summed E-state index contributed by atoms with van der Waals surface area (Å²) in [6, 6.07) is 0.246. The number of fused-ring (bicyclic) bond motifs is 1. The molecule has 3 rings (SSSR count). The van der Waals surface area contributed by atoms with Gasteiger partial charge in [-0.2, -0.15) is 0 Å². The molecule has 5 nitrogen and oxygen atoms in total. The van der Waals surface area contributed by atoms with Crippen molar-refractivity contribution >= 4 is 6.03 Å². The first-order valence-electron chi connectivity index (χ1n) is 5.21. The zero-order valence-electron chi connectivity index (χ0n) is 7.98. The molecule has 3 N–H and O–H groups in total. The molecule has 2 heterocycles. The van der Waals surface area contributed by atoms with Gasteiger partial charge in [0.05, 0.1) is 12.1 Å². The molecule has 5 heteroatoms. The van der Waals surface area contributed by atoms with Gasteiger partial charge in [-0.1, -0.05) is 0 Å². The molecule has 0 aromatic rings. The van der Waals surface area contributed by atoms with Gasteiger partial charge in [0.15, 0.2) is 0 Å². The Bertz CT molecular complexity index is 271. The van der Waals surface area contributed by atoms with Crippen molar-refractivity contribution in [2.24, 2.45) is 11.7 Å². The van der Waals surface area contributed by atoms with Crippen LogP contribution in [0.2, 0.25) is 0 Å². The SMILES string of the molecule is NC1C2CCOC2C1N1CCNC1=O. The van der Waals surface area contributed by atoms with Crippen LogP contribution in [0.1, 0.15) is 6.42 Å². The number of carbonyl (C=O) groups excluding carboxylic acids is 1. The Morgan fingerprint density at radius 1 is 1.57 bits per heavy atom. The molecule has 2 amide bonds. The van der Waals surface area contributed by atoms with Crippen LogP contribution in [0.15, 0.2) is 0 Å². The molecule has 1 saturated carbocycles. The molecule has 4 unspecified atom stereocenters. The summed E-state index contributed by atoms with van der Waals surface area (Å²) in [6.45, 7) is 2.30. The Hall–Kier alpha value is -0.810. The van der Waals surface area contributed by atoms with E-state index in [1.165, 1.54) is 0 Å². The van der Waals surface area contributed by atoms with Crippen molar-refractivity contribution in [1.29, 1.82) is 0 Å². The van der Waals surface area contributed by atoms with E-state index in [0.717, 1.165) is 26.1 Å². The van der Waals surface area contributed by atoms with Crippen molar-refractivity contribution in [3.63, 3.8) is 0 Å². The highest BCUT2D eigenvalue weighted by Gasteiger charge is 2.56. The van der Waals surface area contributed by atoms with Crippen molar-refractivity contribution in [1.82, 2.24) is 10.2 Å². The van der Waals surface area contributed by atoms with Crippen molar-refractivity contribution < 1.29 is 9.53 Å². The quantitative estimate of drug-likeness (QED) is 0.574. The maximum atomic E-state index is 11.4. The number of amides is 2. The third kappa shape index (κ3) is 0.938.